The van der Waals surface area contributed by atoms with Gasteiger partial charge in [0.25, 0.3) is 0 Å². The van der Waals surface area contributed by atoms with Crippen LogP contribution in [0.4, 0.5) is 0 Å². The van der Waals surface area contributed by atoms with E-state index in [1.165, 1.54) is 0 Å². The molecule has 0 saturated carbocycles. The molecule has 1 N–H and O–H groups in total. The van der Waals surface area contributed by atoms with Crippen LogP contribution >= 0.6 is 0 Å². The molecule has 4 heteroatoms. The Morgan fingerprint density at radius 1 is 1.26 bits per heavy atom. The topological polar surface area (TPSA) is 47.9 Å². The van der Waals surface area contributed by atoms with E-state index in [0.717, 1.165) is 43.1 Å². The zero-order valence-electron chi connectivity index (χ0n) is 11.2. The van der Waals surface area contributed by atoms with Gasteiger partial charge in [-0.1, -0.05) is 0 Å². The summed E-state index contributed by atoms with van der Waals surface area (Å²) < 4.78 is 16.7. The SMILES string of the molecule is COc1ccc2c(c1)OC(C1CCOCC1)CC2O. The predicted molar refractivity (Wildman–Crippen MR) is 70.5 cm³/mol. The second kappa shape index (κ2) is 5.39. The summed E-state index contributed by atoms with van der Waals surface area (Å²) in [5, 5.41) is 10.3. The molecule has 0 aromatic heterocycles. The van der Waals surface area contributed by atoms with Gasteiger partial charge < -0.3 is 19.3 Å². The third kappa shape index (κ3) is 2.55. The summed E-state index contributed by atoms with van der Waals surface area (Å²) in [5.41, 5.74) is 0.865. The van der Waals surface area contributed by atoms with Gasteiger partial charge in [-0.25, -0.2) is 0 Å². The van der Waals surface area contributed by atoms with E-state index in [0.29, 0.717) is 12.3 Å². The zero-order valence-corrected chi connectivity index (χ0v) is 11.2. The molecule has 2 heterocycles. The highest BCUT2D eigenvalue weighted by Gasteiger charge is 2.33. The number of ether oxygens (including phenoxy) is 3. The van der Waals surface area contributed by atoms with E-state index in [2.05, 4.69) is 0 Å². The van der Waals surface area contributed by atoms with Crippen molar-refractivity contribution in [2.45, 2.75) is 31.5 Å². The molecule has 2 aliphatic heterocycles. The number of aliphatic hydroxyl groups is 1. The van der Waals surface area contributed by atoms with Gasteiger partial charge in [0.05, 0.1) is 13.2 Å². The predicted octanol–water partition coefficient (Wildman–Crippen LogP) is 2.31. The fourth-order valence-corrected chi connectivity index (χ4v) is 2.95. The standard InChI is InChI=1S/C15H20O4/c1-17-11-2-3-12-13(16)9-14(19-15(12)8-11)10-4-6-18-7-5-10/h2-3,8,10,13-14,16H,4-7,9H2,1H3. The molecule has 1 aromatic rings. The van der Waals surface area contributed by atoms with Gasteiger partial charge in [0.1, 0.15) is 17.6 Å². The minimum atomic E-state index is -0.442. The molecule has 1 fully saturated rings. The molecular weight excluding hydrogens is 244 g/mol. The summed E-state index contributed by atoms with van der Waals surface area (Å²) in [4.78, 5) is 0. The lowest BCUT2D eigenvalue weighted by molar-refractivity contribution is -0.0151. The van der Waals surface area contributed by atoms with Crippen molar-refractivity contribution in [1.82, 2.24) is 0 Å². The highest BCUT2D eigenvalue weighted by Crippen LogP contribution is 2.40. The maximum absolute atomic E-state index is 10.3. The first kappa shape index (κ1) is 12.8. The van der Waals surface area contributed by atoms with E-state index in [1.807, 2.05) is 18.2 Å². The monoisotopic (exact) mass is 264 g/mol. The van der Waals surface area contributed by atoms with Gasteiger partial charge in [0.15, 0.2) is 0 Å². The molecule has 1 aromatic carbocycles. The maximum Gasteiger partial charge on any atom is 0.129 e. The van der Waals surface area contributed by atoms with Gasteiger partial charge in [0.2, 0.25) is 0 Å². The molecule has 4 nitrogen and oxygen atoms in total. The van der Waals surface area contributed by atoms with Gasteiger partial charge in [-0.3, -0.25) is 0 Å². The quantitative estimate of drug-likeness (QED) is 0.890. The van der Waals surface area contributed by atoms with Crippen LogP contribution in [0.5, 0.6) is 11.5 Å². The van der Waals surface area contributed by atoms with Crippen molar-refractivity contribution in [3.63, 3.8) is 0 Å². The fourth-order valence-electron chi connectivity index (χ4n) is 2.95. The number of rotatable bonds is 2. The summed E-state index contributed by atoms with van der Waals surface area (Å²) in [5.74, 6) is 2.00. The molecule has 0 spiro atoms. The number of benzene rings is 1. The van der Waals surface area contributed by atoms with Crippen LogP contribution in [0, 0.1) is 5.92 Å². The van der Waals surface area contributed by atoms with E-state index in [1.54, 1.807) is 7.11 Å². The first-order valence-electron chi connectivity index (χ1n) is 6.88. The van der Waals surface area contributed by atoms with E-state index >= 15 is 0 Å². The third-order valence-corrected chi connectivity index (χ3v) is 4.11. The van der Waals surface area contributed by atoms with Crippen LogP contribution in [0.1, 0.15) is 30.9 Å². The molecule has 3 rings (SSSR count). The molecule has 2 atom stereocenters. The number of hydrogen-bond acceptors (Lipinski definition) is 4. The number of fused-ring (bicyclic) bond motifs is 1. The highest BCUT2D eigenvalue weighted by molar-refractivity contribution is 5.43. The average Bonchev–Trinajstić information content (AvgIpc) is 2.47. The summed E-state index contributed by atoms with van der Waals surface area (Å²) in [6.45, 7) is 1.59. The molecular formula is C15H20O4. The Bertz CT molecular complexity index is 440. The van der Waals surface area contributed by atoms with Gasteiger partial charge in [-0.05, 0) is 25.0 Å². The van der Waals surface area contributed by atoms with Crippen LogP contribution in [0.15, 0.2) is 18.2 Å². The van der Waals surface area contributed by atoms with Crippen LogP contribution in [-0.4, -0.2) is 31.5 Å². The van der Waals surface area contributed by atoms with E-state index in [9.17, 15) is 5.11 Å². The van der Waals surface area contributed by atoms with Gasteiger partial charge in [-0.2, -0.15) is 0 Å². The maximum atomic E-state index is 10.3. The Balaban J connectivity index is 1.81. The Hall–Kier alpha value is -1.26. The smallest absolute Gasteiger partial charge is 0.129 e. The Labute approximate surface area is 113 Å². The van der Waals surface area contributed by atoms with Crippen molar-refractivity contribution in [1.29, 1.82) is 0 Å². The molecule has 0 radical (unpaired) electrons. The Morgan fingerprint density at radius 3 is 2.79 bits per heavy atom. The number of hydrogen-bond donors (Lipinski definition) is 1. The summed E-state index contributed by atoms with van der Waals surface area (Å²) >= 11 is 0. The lowest BCUT2D eigenvalue weighted by atomic mass is 9.87. The minimum Gasteiger partial charge on any atom is -0.497 e. The summed E-state index contributed by atoms with van der Waals surface area (Å²) in [6, 6.07) is 5.61. The van der Waals surface area contributed by atoms with Crippen molar-refractivity contribution < 1.29 is 19.3 Å². The second-order valence-electron chi connectivity index (χ2n) is 5.26. The van der Waals surface area contributed by atoms with Gasteiger partial charge in [-0.15, -0.1) is 0 Å². The molecule has 1 saturated heterocycles. The summed E-state index contributed by atoms with van der Waals surface area (Å²) in [7, 11) is 1.64. The van der Waals surface area contributed by atoms with Crippen molar-refractivity contribution in [2.24, 2.45) is 5.92 Å². The Kier molecular flexibility index (Phi) is 3.62. The molecule has 0 amide bonds. The van der Waals surface area contributed by atoms with Crippen molar-refractivity contribution in [3.8, 4) is 11.5 Å². The first-order valence-corrected chi connectivity index (χ1v) is 6.88. The van der Waals surface area contributed by atoms with E-state index in [4.69, 9.17) is 14.2 Å². The number of methoxy groups -OCH3 is 1. The van der Waals surface area contributed by atoms with Gasteiger partial charge in [0, 0.05) is 37.2 Å². The molecule has 0 bridgehead atoms. The van der Waals surface area contributed by atoms with Crippen LogP contribution in [-0.2, 0) is 4.74 Å². The molecule has 104 valence electrons. The molecule has 19 heavy (non-hydrogen) atoms. The van der Waals surface area contributed by atoms with Gasteiger partial charge >= 0.3 is 0 Å². The van der Waals surface area contributed by atoms with Crippen LogP contribution < -0.4 is 9.47 Å². The van der Waals surface area contributed by atoms with Crippen LogP contribution in [0.25, 0.3) is 0 Å². The summed E-state index contributed by atoms with van der Waals surface area (Å²) in [6.07, 6.45) is 2.33. The largest absolute Gasteiger partial charge is 0.497 e. The first-order chi connectivity index (χ1) is 9.28. The van der Waals surface area contributed by atoms with E-state index < -0.39 is 6.10 Å². The fraction of sp³-hybridized carbons (Fsp3) is 0.600. The van der Waals surface area contributed by atoms with Crippen molar-refractivity contribution in [3.05, 3.63) is 23.8 Å². The Morgan fingerprint density at radius 2 is 2.05 bits per heavy atom. The lowest BCUT2D eigenvalue weighted by Crippen LogP contribution is -2.36. The van der Waals surface area contributed by atoms with E-state index in [-0.39, 0.29) is 6.10 Å². The average molecular weight is 264 g/mol. The normalized spacial score (nSPS) is 27.5. The van der Waals surface area contributed by atoms with Crippen molar-refractivity contribution in [2.75, 3.05) is 20.3 Å². The molecule has 2 aliphatic rings. The minimum absolute atomic E-state index is 0.0820. The lowest BCUT2D eigenvalue weighted by Gasteiger charge is -2.36. The second-order valence-corrected chi connectivity index (χ2v) is 5.26. The zero-order chi connectivity index (χ0) is 13.2. The molecule has 0 aliphatic carbocycles. The van der Waals surface area contributed by atoms with Crippen molar-refractivity contribution >= 4 is 0 Å². The third-order valence-electron chi connectivity index (χ3n) is 4.11. The highest BCUT2D eigenvalue weighted by atomic mass is 16.5. The molecule has 2 unspecified atom stereocenters. The number of aliphatic hydroxyl groups excluding tert-OH is 1. The van der Waals surface area contributed by atoms with Crippen LogP contribution in [0.2, 0.25) is 0 Å². The van der Waals surface area contributed by atoms with Crippen LogP contribution in [0.3, 0.4) is 0 Å².